The third kappa shape index (κ3) is 3.84. The SMILES string of the molecule is C[C@@H]1C(=O)N(CCCC(=O)O)CCN1c1ccc(Cl)c(Cl)c1. The van der Waals surface area contributed by atoms with Gasteiger partial charge in [-0.15, -0.1) is 0 Å². The zero-order valence-electron chi connectivity index (χ0n) is 12.3. The molecule has 1 atom stereocenters. The van der Waals surface area contributed by atoms with Gasteiger partial charge in [0.15, 0.2) is 0 Å². The van der Waals surface area contributed by atoms with Crippen LogP contribution >= 0.6 is 23.2 Å². The molecular formula is C15H18Cl2N2O3. The van der Waals surface area contributed by atoms with Crippen molar-refractivity contribution in [1.82, 2.24) is 4.90 Å². The molecule has 1 aliphatic rings. The predicted molar refractivity (Wildman–Crippen MR) is 86.7 cm³/mol. The summed E-state index contributed by atoms with van der Waals surface area (Å²) in [5.74, 6) is -0.836. The minimum atomic E-state index is -0.838. The number of piperazine rings is 1. The van der Waals surface area contributed by atoms with Crippen LogP contribution < -0.4 is 4.90 Å². The molecular weight excluding hydrogens is 327 g/mol. The molecule has 0 aromatic heterocycles. The van der Waals surface area contributed by atoms with Crippen molar-refractivity contribution in [3.63, 3.8) is 0 Å². The van der Waals surface area contributed by atoms with E-state index in [1.54, 1.807) is 17.0 Å². The number of hydrogen-bond donors (Lipinski definition) is 1. The van der Waals surface area contributed by atoms with Crippen LogP contribution in [0.1, 0.15) is 19.8 Å². The monoisotopic (exact) mass is 344 g/mol. The van der Waals surface area contributed by atoms with Crippen molar-refractivity contribution in [2.45, 2.75) is 25.8 Å². The molecule has 1 amide bonds. The van der Waals surface area contributed by atoms with Crippen LogP contribution in [-0.4, -0.2) is 47.6 Å². The van der Waals surface area contributed by atoms with Gasteiger partial charge in [0.25, 0.3) is 0 Å². The quantitative estimate of drug-likeness (QED) is 0.891. The summed E-state index contributed by atoms with van der Waals surface area (Å²) in [5, 5.41) is 9.61. The third-order valence-corrected chi connectivity index (χ3v) is 4.54. The summed E-state index contributed by atoms with van der Waals surface area (Å²) in [7, 11) is 0. The Balaban J connectivity index is 2.02. The number of halogens is 2. The van der Waals surface area contributed by atoms with Crippen molar-refractivity contribution < 1.29 is 14.7 Å². The van der Waals surface area contributed by atoms with E-state index in [9.17, 15) is 9.59 Å². The number of anilines is 1. The molecule has 0 unspecified atom stereocenters. The van der Waals surface area contributed by atoms with Gasteiger partial charge in [-0.1, -0.05) is 23.2 Å². The Labute approximate surface area is 139 Å². The highest BCUT2D eigenvalue weighted by Gasteiger charge is 2.31. The molecule has 1 aromatic carbocycles. The second-order valence-corrected chi connectivity index (χ2v) is 6.10. The van der Waals surface area contributed by atoms with Gasteiger partial charge in [0.05, 0.1) is 10.0 Å². The number of rotatable bonds is 5. The van der Waals surface area contributed by atoms with E-state index in [1.165, 1.54) is 0 Å². The number of carboxylic acids is 1. The summed E-state index contributed by atoms with van der Waals surface area (Å²) in [6.45, 7) is 3.57. The minimum Gasteiger partial charge on any atom is -0.481 e. The molecule has 0 bridgehead atoms. The van der Waals surface area contributed by atoms with Crippen molar-refractivity contribution in [2.24, 2.45) is 0 Å². The highest BCUT2D eigenvalue weighted by molar-refractivity contribution is 6.42. The first-order valence-electron chi connectivity index (χ1n) is 7.12. The van der Waals surface area contributed by atoms with Gasteiger partial charge in [-0.3, -0.25) is 9.59 Å². The van der Waals surface area contributed by atoms with Gasteiger partial charge in [-0.2, -0.15) is 0 Å². The van der Waals surface area contributed by atoms with E-state index in [-0.39, 0.29) is 18.4 Å². The van der Waals surface area contributed by atoms with Crippen LogP contribution in [0.5, 0.6) is 0 Å². The number of carbonyl (C=O) groups excluding carboxylic acids is 1. The van der Waals surface area contributed by atoms with E-state index in [1.807, 2.05) is 17.9 Å². The molecule has 1 fully saturated rings. The molecule has 1 heterocycles. The summed E-state index contributed by atoms with van der Waals surface area (Å²) in [5.41, 5.74) is 0.862. The number of benzene rings is 1. The number of amides is 1. The zero-order valence-corrected chi connectivity index (χ0v) is 13.8. The molecule has 1 aliphatic heterocycles. The van der Waals surface area contributed by atoms with Crippen LogP contribution in [0.25, 0.3) is 0 Å². The largest absolute Gasteiger partial charge is 0.481 e. The van der Waals surface area contributed by atoms with Crippen molar-refractivity contribution >= 4 is 40.8 Å². The fraction of sp³-hybridized carbons (Fsp3) is 0.467. The Bertz CT molecular complexity index is 580. The first kappa shape index (κ1) is 16.9. The molecule has 2 rings (SSSR count). The van der Waals surface area contributed by atoms with Crippen molar-refractivity contribution in [3.8, 4) is 0 Å². The van der Waals surface area contributed by atoms with E-state index in [0.717, 1.165) is 5.69 Å². The van der Waals surface area contributed by atoms with E-state index >= 15 is 0 Å². The summed E-state index contributed by atoms with van der Waals surface area (Å²) < 4.78 is 0. The van der Waals surface area contributed by atoms with Gasteiger partial charge in [-0.05, 0) is 31.5 Å². The van der Waals surface area contributed by atoms with Gasteiger partial charge in [0, 0.05) is 31.7 Å². The third-order valence-electron chi connectivity index (χ3n) is 3.80. The molecule has 0 radical (unpaired) electrons. The summed E-state index contributed by atoms with van der Waals surface area (Å²) in [6, 6.07) is 5.01. The number of carboxylic acid groups (broad SMARTS) is 1. The minimum absolute atomic E-state index is 0.00251. The highest BCUT2D eigenvalue weighted by Crippen LogP contribution is 2.29. The predicted octanol–water partition coefficient (Wildman–Crippen LogP) is 2.90. The Morgan fingerprint density at radius 3 is 2.68 bits per heavy atom. The smallest absolute Gasteiger partial charge is 0.303 e. The summed E-state index contributed by atoms with van der Waals surface area (Å²) in [4.78, 5) is 26.7. The molecule has 120 valence electrons. The van der Waals surface area contributed by atoms with Gasteiger partial charge in [-0.25, -0.2) is 0 Å². The molecule has 0 spiro atoms. The fourth-order valence-electron chi connectivity index (χ4n) is 2.59. The van der Waals surface area contributed by atoms with Gasteiger partial charge in [0.1, 0.15) is 6.04 Å². The molecule has 1 N–H and O–H groups in total. The average molecular weight is 345 g/mol. The highest BCUT2D eigenvalue weighted by atomic mass is 35.5. The van der Waals surface area contributed by atoms with Crippen LogP contribution in [-0.2, 0) is 9.59 Å². The molecule has 1 saturated heterocycles. The molecule has 0 saturated carbocycles. The maximum Gasteiger partial charge on any atom is 0.303 e. The maximum absolute atomic E-state index is 12.4. The van der Waals surface area contributed by atoms with Gasteiger partial charge >= 0.3 is 5.97 Å². The lowest BCUT2D eigenvalue weighted by Gasteiger charge is -2.40. The summed E-state index contributed by atoms with van der Waals surface area (Å²) >= 11 is 12.0. The molecule has 0 aliphatic carbocycles. The molecule has 7 heteroatoms. The van der Waals surface area contributed by atoms with Crippen LogP contribution in [0.4, 0.5) is 5.69 Å². The lowest BCUT2D eigenvalue weighted by Crippen LogP contribution is -2.56. The zero-order chi connectivity index (χ0) is 16.3. The number of aliphatic carboxylic acids is 1. The lowest BCUT2D eigenvalue weighted by atomic mass is 10.1. The van der Waals surface area contributed by atoms with E-state index in [2.05, 4.69) is 0 Å². The lowest BCUT2D eigenvalue weighted by molar-refractivity contribution is -0.138. The Kier molecular flexibility index (Phi) is 5.53. The molecule has 22 heavy (non-hydrogen) atoms. The Morgan fingerprint density at radius 2 is 2.05 bits per heavy atom. The van der Waals surface area contributed by atoms with Crippen molar-refractivity contribution in [3.05, 3.63) is 28.2 Å². The topological polar surface area (TPSA) is 60.9 Å². The van der Waals surface area contributed by atoms with Crippen LogP contribution in [0.3, 0.4) is 0 Å². The van der Waals surface area contributed by atoms with Gasteiger partial charge in [0.2, 0.25) is 5.91 Å². The van der Waals surface area contributed by atoms with Crippen molar-refractivity contribution in [1.29, 1.82) is 0 Å². The first-order valence-corrected chi connectivity index (χ1v) is 7.88. The molecule has 5 nitrogen and oxygen atoms in total. The maximum atomic E-state index is 12.4. The normalized spacial score (nSPS) is 18.7. The second-order valence-electron chi connectivity index (χ2n) is 5.29. The Hall–Kier alpha value is -1.46. The first-order chi connectivity index (χ1) is 10.4. The van der Waals surface area contributed by atoms with Crippen LogP contribution in [0.2, 0.25) is 10.0 Å². The van der Waals surface area contributed by atoms with Crippen LogP contribution in [0, 0.1) is 0 Å². The number of nitrogens with zero attached hydrogens (tertiary/aromatic N) is 2. The standard InChI is InChI=1S/C15H18Cl2N2O3/c1-10-15(22)18(6-2-3-14(20)21)7-8-19(10)11-4-5-12(16)13(17)9-11/h4-5,9-10H,2-3,6-8H2,1H3,(H,20,21)/t10-/m1/s1. The van der Waals surface area contributed by atoms with Crippen LogP contribution in [0.15, 0.2) is 18.2 Å². The van der Waals surface area contributed by atoms with E-state index < -0.39 is 5.97 Å². The second kappa shape index (κ2) is 7.20. The Morgan fingerprint density at radius 1 is 1.32 bits per heavy atom. The van der Waals surface area contributed by atoms with Crippen molar-refractivity contribution in [2.75, 3.05) is 24.5 Å². The fourth-order valence-corrected chi connectivity index (χ4v) is 2.88. The molecule has 1 aromatic rings. The van der Waals surface area contributed by atoms with E-state index in [0.29, 0.717) is 36.1 Å². The average Bonchev–Trinajstić information content (AvgIpc) is 2.46. The van der Waals surface area contributed by atoms with E-state index in [4.69, 9.17) is 28.3 Å². The summed E-state index contributed by atoms with van der Waals surface area (Å²) in [6.07, 6.45) is 0.551. The number of carbonyl (C=O) groups is 2. The van der Waals surface area contributed by atoms with Gasteiger partial charge < -0.3 is 14.9 Å². The number of hydrogen-bond acceptors (Lipinski definition) is 3.